The molecule has 1 unspecified atom stereocenters. The van der Waals surface area contributed by atoms with Crippen LogP contribution in [-0.2, 0) is 11.8 Å². The molecular weight excluding hydrogens is 406 g/mol. The Hall–Kier alpha value is -3.47. The van der Waals surface area contributed by atoms with E-state index in [0.29, 0.717) is 31.2 Å². The minimum absolute atomic E-state index is 0.246. The molecule has 0 bridgehead atoms. The number of nitrogens with zero attached hydrogens (tertiary/aromatic N) is 5. The first-order chi connectivity index (χ1) is 15.2. The summed E-state index contributed by atoms with van der Waals surface area (Å²) in [5.74, 6) is 7.59. The van der Waals surface area contributed by atoms with E-state index in [1.807, 2.05) is 52.5 Å². The van der Waals surface area contributed by atoms with Crippen molar-refractivity contribution in [2.24, 2.45) is 13.0 Å². The maximum absolute atomic E-state index is 12.3. The Morgan fingerprint density at radius 2 is 2.03 bits per heavy atom. The van der Waals surface area contributed by atoms with Crippen LogP contribution in [0.3, 0.4) is 0 Å². The molecule has 8 nitrogen and oxygen atoms in total. The van der Waals surface area contributed by atoms with E-state index in [-0.39, 0.29) is 6.09 Å². The quantitative estimate of drug-likeness (QED) is 0.586. The summed E-state index contributed by atoms with van der Waals surface area (Å²) in [7, 11) is 3.54. The zero-order valence-corrected chi connectivity index (χ0v) is 19.3. The number of fused-ring (bicyclic) bond motifs is 1. The third kappa shape index (κ3) is 4.72. The van der Waals surface area contributed by atoms with Crippen molar-refractivity contribution >= 4 is 11.6 Å². The van der Waals surface area contributed by atoms with Crippen LogP contribution in [0.2, 0.25) is 0 Å². The van der Waals surface area contributed by atoms with Gasteiger partial charge in [0.25, 0.3) is 0 Å². The van der Waals surface area contributed by atoms with Crippen LogP contribution in [0, 0.1) is 17.8 Å². The number of carbonyl (C=O) groups is 1. The lowest BCUT2D eigenvalue weighted by Crippen LogP contribution is -2.35. The lowest BCUT2D eigenvalue weighted by molar-refractivity contribution is 0.0288. The molecule has 1 aliphatic rings. The molecule has 1 amide bonds. The Morgan fingerprint density at radius 3 is 2.72 bits per heavy atom. The molecule has 3 aromatic heterocycles. The molecule has 0 aromatic carbocycles. The highest BCUT2D eigenvalue weighted by molar-refractivity contribution is 5.75. The van der Waals surface area contributed by atoms with Gasteiger partial charge in [-0.3, -0.25) is 4.68 Å². The van der Waals surface area contributed by atoms with Gasteiger partial charge in [0.05, 0.1) is 25.1 Å². The van der Waals surface area contributed by atoms with Gasteiger partial charge in [-0.05, 0) is 39.2 Å². The molecule has 0 saturated carbocycles. The van der Waals surface area contributed by atoms with Crippen LogP contribution < -0.4 is 4.74 Å². The molecule has 4 heterocycles. The van der Waals surface area contributed by atoms with E-state index in [1.54, 1.807) is 27.4 Å². The fourth-order valence-corrected chi connectivity index (χ4v) is 3.84. The highest BCUT2D eigenvalue weighted by Gasteiger charge is 2.29. The second kappa shape index (κ2) is 8.58. The fraction of sp³-hybridized carbons (Fsp3) is 0.458. The largest absolute Gasteiger partial charge is 0.494 e. The van der Waals surface area contributed by atoms with Crippen LogP contribution >= 0.6 is 0 Å². The van der Waals surface area contributed by atoms with Crippen molar-refractivity contribution in [1.29, 1.82) is 0 Å². The Balaban J connectivity index is 1.47. The Labute approximate surface area is 188 Å². The lowest BCUT2D eigenvalue weighted by Gasteiger charge is -2.24. The Kier molecular flexibility index (Phi) is 5.83. The molecule has 1 fully saturated rings. The zero-order chi connectivity index (χ0) is 22.9. The average Bonchev–Trinajstić information content (AvgIpc) is 3.46. The van der Waals surface area contributed by atoms with Gasteiger partial charge in [0.1, 0.15) is 16.9 Å². The van der Waals surface area contributed by atoms with Gasteiger partial charge in [-0.15, -0.1) is 0 Å². The van der Waals surface area contributed by atoms with Gasteiger partial charge in [-0.1, -0.05) is 11.8 Å². The lowest BCUT2D eigenvalue weighted by atomic mass is 10.1. The van der Waals surface area contributed by atoms with Crippen molar-refractivity contribution in [2.45, 2.75) is 39.2 Å². The standard InChI is InChI=1S/C24H29N5O3/c1-24(2,3)32-23(30)28-10-9-17(14-28)7-6-8-18-12-26-29-16-19(11-21(31-5)22(18)29)20-13-25-27(4)15-20/h11-13,15-17H,7,9-10,14H2,1-5H3. The predicted octanol–water partition coefficient (Wildman–Crippen LogP) is 3.74. The Morgan fingerprint density at radius 1 is 1.22 bits per heavy atom. The summed E-state index contributed by atoms with van der Waals surface area (Å²) in [5.41, 5.74) is 3.15. The highest BCUT2D eigenvalue weighted by atomic mass is 16.6. The number of methoxy groups -OCH3 is 1. The summed E-state index contributed by atoms with van der Waals surface area (Å²) < 4.78 is 14.7. The molecule has 1 aliphatic heterocycles. The first-order valence-corrected chi connectivity index (χ1v) is 10.7. The maximum Gasteiger partial charge on any atom is 0.410 e. The number of likely N-dealkylation sites (tertiary alicyclic amines) is 1. The van der Waals surface area contributed by atoms with Crippen LogP contribution in [0.5, 0.6) is 5.75 Å². The van der Waals surface area contributed by atoms with Gasteiger partial charge in [-0.25, -0.2) is 9.31 Å². The number of hydrogen-bond acceptors (Lipinski definition) is 5. The minimum atomic E-state index is -0.478. The Bertz CT molecular complexity index is 1190. The van der Waals surface area contributed by atoms with Crippen molar-refractivity contribution in [2.75, 3.05) is 20.2 Å². The molecular formula is C24H29N5O3. The predicted molar refractivity (Wildman–Crippen MR) is 121 cm³/mol. The van der Waals surface area contributed by atoms with E-state index in [2.05, 4.69) is 22.0 Å². The summed E-state index contributed by atoms with van der Waals surface area (Å²) >= 11 is 0. The molecule has 1 saturated heterocycles. The monoisotopic (exact) mass is 435 g/mol. The van der Waals surface area contributed by atoms with Gasteiger partial charge in [0.2, 0.25) is 0 Å². The molecule has 3 aromatic rings. The summed E-state index contributed by atoms with van der Waals surface area (Å²) in [5, 5.41) is 8.71. The van der Waals surface area contributed by atoms with Crippen molar-refractivity contribution in [3.05, 3.63) is 36.4 Å². The minimum Gasteiger partial charge on any atom is -0.494 e. The van der Waals surface area contributed by atoms with Crippen molar-refractivity contribution in [3.8, 4) is 28.7 Å². The molecule has 0 radical (unpaired) electrons. The highest BCUT2D eigenvalue weighted by Crippen LogP contribution is 2.29. The fourth-order valence-electron chi connectivity index (χ4n) is 3.84. The van der Waals surface area contributed by atoms with Crippen LogP contribution in [0.1, 0.15) is 39.2 Å². The number of ether oxygens (including phenoxy) is 2. The first-order valence-electron chi connectivity index (χ1n) is 10.7. The number of aryl methyl sites for hydroxylation is 1. The van der Waals surface area contributed by atoms with E-state index in [9.17, 15) is 4.79 Å². The average molecular weight is 436 g/mol. The second-order valence-corrected chi connectivity index (χ2v) is 9.14. The van der Waals surface area contributed by atoms with Crippen molar-refractivity contribution in [1.82, 2.24) is 24.3 Å². The SMILES string of the molecule is COc1cc(-c2cnn(C)c2)cn2ncc(C#CCC3CCN(C(=O)OC(C)(C)C)C3)c12. The van der Waals surface area contributed by atoms with Gasteiger partial charge in [0, 0.05) is 50.1 Å². The number of pyridine rings is 1. The summed E-state index contributed by atoms with van der Waals surface area (Å²) in [6.07, 6.45) is 8.88. The van der Waals surface area contributed by atoms with Gasteiger partial charge < -0.3 is 14.4 Å². The zero-order valence-electron chi connectivity index (χ0n) is 19.3. The van der Waals surface area contributed by atoms with Crippen LogP contribution in [0.4, 0.5) is 4.79 Å². The molecule has 0 aliphatic carbocycles. The van der Waals surface area contributed by atoms with Gasteiger partial charge in [-0.2, -0.15) is 10.2 Å². The second-order valence-electron chi connectivity index (χ2n) is 9.14. The van der Waals surface area contributed by atoms with E-state index < -0.39 is 5.60 Å². The molecule has 8 heteroatoms. The van der Waals surface area contributed by atoms with E-state index in [1.165, 1.54) is 0 Å². The van der Waals surface area contributed by atoms with E-state index >= 15 is 0 Å². The number of amides is 1. The maximum atomic E-state index is 12.3. The molecule has 1 atom stereocenters. The first kappa shape index (κ1) is 21.8. The van der Waals surface area contributed by atoms with Crippen LogP contribution in [-0.4, -0.2) is 56.2 Å². The third-order valence-electron chi connectivity index (χ3n) is 5.39. The summed E-state index contributed by atoms with van der Waals surface area (Å²) in [6.45, 7) is 7.04. The summed E-state index contributed by atoms with van der Waals surface area (Å²) in [4.78, 5) is 14.0. The normalized spacial score (nSPS) is 16.2. The van der Waals surface area contributed by atoms with Crippen LogP contribution in [0.25, 0.3) is 16.6 Å². The number of rotatable bonds is 3. The number of aromatic nitrogens is 4. The molecule has 0 spiro atoms. The smallest absolute Gasteiger partial charge is 0.410 e. The topological polar surface area (TPSA) is 73.9 Å². The van der Waals surface area contributed by atoms with Crippen molar-refractivity contribution in [3.63, 3.8) is 0 Å². The number of hydrogen-bond donors (Lipinski definition) is 0. The van der Waals surface area contributed by atoms with E-state index in [4.69, 9.17) is 9.47 Å². The van der Waals surface area contributed by atoms with E-state index in [0.717, 1.165) is 28.6 Å². The van der Waals surface area contributed by atoms with Gasteiger partial charge >= 0.3 is 6.09 Å². The molecule has 4 rings (SSSR count). The summed E-state index contributed by atoms with van der Waals surface area (Å²) in [6, 6.07) is 1.98. The number of carbonyl (C=O) groups excluding carboxylic acids is 1. The molecule has 168 valence electrons. The molecule has 0 N–H and O–H groups in total. The van der Waals surface area contributed by atoms with Crippen LogP contribution in [0.15, 0.2) is 30.9 Å². The van der Waals surface area contributed by atoms with Crippen molar-refractivity contribution < 1.29 is 14.3 Å². The van der Waals surface area contributed by atoms with Gasteiger partial charge in [0.15, 0.2) is 0 Å². The third-order valence-corrected chi connectivity index (χ3v) is 5.39. The molecule has 32 heavy (non-hydrogen) atoms.